The van der Waals surface area contributed by atoms with E-state index in [9.17, 15) is 9.59 Å². The standard InChI is InChI=1S/C20H20N2O2S3/c23-18(21-15-8-3-1-4-9-15)11-5-2-6-12-22-19(24)17(27-20(22)25)14-16-10-7-13-26-16/h1,3-4,7-10,13-14H,2,5-6,11-12H2,(H,21,23). The molecule has 27 heavy (non-hydrogen) atoms. The highest BCUT2D eigenvalue weighted by molar-refractivity contribution is 8.26. The maximum absolute atomic E-state index is 12.5. The van der Waals surface area contributed by atoms with Crippen LogP contribution in [-0.2, 0) is 9.59 Å². The van der Waals surface area contributed by atoms with Crippen molar-refractivity contribution in [3.8, 4) is 0 Å². The first-order valence-electron chi connectivity index (χ1n) is 8.77. The molecule has 0 spiro atoms. The van der Waals surface area contributed by atoms with Crippen molar-refractivity contribution in [2.45, 2.75) is 25.7 Å². The number of thiophene rings is 1. The average Bonchev–Trinajstić information content (AvgIpc) is 3.26. The van der Waals surface area contributed by atoms with Gasteiger partial charge in [0.15, 0.2) is 0 Å². The molecule has 0 atom stereocenters. The van der Waals surface area contributed by atoms with E-state index in [0.29, 0.717) is 22.2 Å². The summed E-state index contributed by atoms with van der Waals surface area (Å²) in [7, 11) is 0. The topological polar surface area (TPSA) is 49.4 Å². The maximum Gasteiger partial charge on any atom is 0.266 e. The van der Waals surface area contributed by atoms with E-state index < -0.39 is 0 Å². The molecule has 1 aromatic heterocycles. The molecule has 4 nitrogen and oxygen atoms in total. The van der Waals surface area contributed by atoms with E-state index in [4.69, 9.17) is 12.2 Å². The number of thioether (sulfide) groups is 1. The van der Waals surface area contributed by atoms with Gasteiger partial charge in [-0.1, -0.05) is 54.7 Å². The third-order valence-corrected chi connectivity index (χ3v) is 6.23. The largest absolute Gasteiger partial charge is 0.326 e. The normalized spacial score (nSPS) is 15.6. The fraction of sp³-hybridized carbons (Fsp3) is 0.250. The number of para-hydroxylation sites is 1. The van der Waals surface area contributed by atoms with Gasteiger partial charge in [0.25, 0.3) is 5.91 Å². The van der Waals surface area contributed by atoms with Gasteiger partial charge in [-0.05, 0) is 42.5 Å². The molecule has 140 valence electrons. The molecule has 2 amide bonds. The molecule has 0 unspecified atom stereocenters. The van der Waals surface area contributed by atoms with Crippen molar-refractivity contribution in [2.75, 3.05) is 11.9 Å². The SMILES string of the molecule is O=C(CCCCCN1C(=O)C(=Cc2cccs2)SC1=S)Nc1ccccc1. The molecule has 3 rings (SSSR count). The van der Waals surface area contributed by atoms with E-state index in [-0.39, 0.29) is 11.8 Å². The Balaban J connectivity index is 1.38. The van der Waals surface area contributed by atoms with Crippen molar-refractivity contribution < 1.29 is 9.59 Å². The zero-order chi connectivity index (χ0) is 19.1. The summed E-state index contributed by atoms with van der Waals surface area (Å²) in [5.41, 5.74) is 0.817. The predicted octanol–water partition coefficient (Wildman–Crippen LogP) is 5.15. The molecule has 0 bridgehead atoms. The van der Waals surface area contributed by atoms with E-state index in [1.807, 2.05) is 53.9 Å². The smallest absolute Gasteiger partial charge is 0.266 e. The number of carbonyl (C=O) groups is 2. The van der Waals surface area contributed by atoms with Crippen LogP contribution in [0.15, 0.2) is 52.7 Å². The minimum absolute atomic E-state index is 0.0137. The molecule has 7 heteroatoms. The molecule has 1 aliphatic heterocycles. The van der Waals surface area contributed by atoms with Gasteiger partial charge in [-0.25, -0.2) is 0 Å². The summed E-state index contributed by atoms with van der Waals surface area (Å²) in [5, 5.41) is 4.87. The third-order valence-electron chi connectivity index (χ3n) is 4.03. The summed E-state index contributed by atoms with van der Waals surface area (Å²) in [4.78, 5) is 27.8. The van der Waals surface area contributed by atoms with Gasteiger partial charge in [0.1, 0.15) is 4.32 Å². The van der Waals surface area contributed by atoms with Crippen LogP contribution in [0, 0.1) is 0 Å². The average molecular weight is 417 g/mol. The number of benzene rings is 1. The molecule has 0 aliphatic carbocycles. The number of unbranched alkanes of at least 4 members (excludes halogenated alkanes) is 2. The first-order chi connectivity index (χ1) is 13.1. The summed E-state index contributed by atoms with van der Waals surface area (Å²) < 4.78 is 0.615. The summed E-state index contributed by atoms with van der Waals surface area (Å²) in [6, 6.07) is 13.4. The molecule has 2 aromatic rings. The molecule has 2 heterocycles. The van der Waals surface area contributed by atoms with Gasteiger partial charge in [0, 0.05) is 23.5 Å². The van der Waals surface area contributed by atoms with Gasteiger partial charge in [-0.2, -0.15) is 0 Å². The van der Waals surface area contributed by atoms with Crippen LogP contribution < -0.4 is 5.32 Å². The van der Waals surface area contributed by atoms with E-state index >= 15 is 0 Å². The third kappa shape index (κ3) is 5.76. The Morgan fingerprint density at radius 1 is 1.11 bits per heavy atom. The maximum atomic E-state index is 12.5. The predicted molar refractivity (Wildman–Crippen MR) is 118 cm³/mol. The highest BCUT2D eigenvalue weighted by Gasteiger charge is 2.31. The van der Waals surface area contributed by atoms with Crippen LogP contribution >= 0.6 is 35.3 Å². The lowest BCUT2D eigenvalue weighted by Crippen LogP contribution is -2.29. The zero-order valence-corrected chi connectivity index (χ0v) is 17.2. The Hall–Kier alpha value is -1.96. The summed E-state index contributed by atoms with van der Waals surface area (Å²) in [5.74, 6) is 0.00548. The van der Waals surface area contributed by atoms with Crippen molar-refractivity contribution in [3.05, 3.63) is 57.6 Å². The molecule has 1 aliphatic rings. The quantitative estimate of drug-likeness (QED) is 0.367. The van der Waals surface area contributed by atoms with Crippen LogP contribution in [0.3, 0.4) is 0 Å². The second kappa shape index (κ2) is 9.82. The molecule has 0 saturated carbocycles. The van der Waals surface area contributed by atoms with Crippen molar-refractivity contribution in [1.82, 2.24) is 4.90 Å². The highest BCUT2D eigenvalue weighted by atomic mass is 32.2. The van der Waals surface area contributed by atoms with Gasteiger partial charge >= 0.3 is 0 Å². The molecule has 0 radical (unpaired) electrons. The second-order valence-electron chi connectivity index (χ2n) is 6.07. The van der Waals surface area contributed by atoms with Gasteiger partial charge < -0.3 is 5.32 Å². The fourth-order valence-electron chi connectivity index (χ4n) is 2.67. The molecule has 1 saturated heterocycles. The summed E-state index contributed by atoms with van der Waals surface area (Å²) in [6.45, 7) is 0.604. The van der Waals surface area contributed by atoms with Gasteiger partial charge in [0.05, 0.1) is 4.91 Å². The van der Waals surface area contributed by atoms with Gasteiger partial charge in [-0.15, -0.1) is 11.3 Å². The first-order valence-corrected chi connectivity index (χ1v) is 10.9. The number of thiocarbonyl (C=S) groups is 1. The van der Waals surface area contributed by atoms with Gasteiger partial charge in [0.2, 0.25) is 5.91 Å². The van der Waals surface area contributed by atoms with Crippen LogP contribution in [0.1, 0.15) is 30.6 Å². The lowest BCUT2D eigenvalue weighted by Gasteiger charge is -2.14. The lowest BCUT2D eigenvalue weighted by atomic mass is 10.1. The highest BCUT2D eigenvalue weighted by Crippen LogP contribution is 2.33. The Kier molecular flexibility index (Phi) is 7.20. The number of anilines is 1. The van der Waals surface area contributed by atoms with Crippen LogP contribution in [0.2, 0.25) is 0 Å². The fourth-order valence-corrected chi connectivity index (χ4v) is 4.70. The van der Waals surface area contributed by atoms with Crippen LogP contribution in [0.25, 0.3) is 6.08 Å². The molecular formula is C20H20N2O2S3. The molecule has 1 fully saturated rings. The van der Waals surface area contributed by atoms with Gasteiger partial charge in [-0.3, -0.25) is 14.5 Å². The van der Waals surface area contributed by atoms with Crippen LogP contribution in [0.5, 0.6) is 0 Å². The Morgan fingerprint density at radius 2 is 1.93 bits per heavy atom. The van der Waals surface area contributed by atoms with Crippen molar-refractivity contribution in [3.63, 3.8) is 0 Å². The number of amides is 2. The Bertz CT molecular complexity index is 832. The number of nitrogens with one attached hydrogen (secondary N) is 1. The number of hydrogen-bond acceptors (Lipinski definition) is 5. The minimum atomic E-state index is -0.0137. The molecule has 1 N–H and O–H groups in total. The van der Waals surface area contributed by atoms with E-state index in [0.717, 1.165) is 29.8 Å². The second-order valence-corrected chi connectivity index (χ2v) is 8.73. The van der Waals surface area contributed by atoms with Crippen molar-refractivity contribution in [2.24, 2.45) is 0 Å². The number of rotatable bonds is 8. The lowest BCUT2D eigenvalue weighted by molar-refractivity contribution is -0.122. The summed E-state index contributed by atoms with van der Waals surface area (Å²) >= 11 is 8.31. The van der Waals surface area contributed by atoms with E-state index in [1.165, 1.54) is 11.8 Å². The summed E-state index contributed by atoms with van der Waals surface area (Å²) in [6.07, 6.45) is 4.88. The Labute approximate surface area is 172 Å². The van der Waals surface area contributed by atoms with E-state index in [1.54, 1.807) is 16.2 Å². The minimum Gasteiger partial charge on any atom is -0.326 e. The number of carbonyl (C=O) groups excluding carboxylic acids is 2. The first kappa shape index (κ1) is 19.8. The zero-order valence-electron chi connectivity index (χ0n) is 14.7. The monoisotopic (exact) mass is 416 g/mol. The van der Waals surface area contributed by atoms with Crippen molar-refractivity contribution in [1.29, 1.82) is 0 Å². The number of nitrogens with zero attached hydrogens (tertiary/aromatic N) is 1. The Morgan fingerprint density at radius 3 is 2.67 bits per heavy atom. The van der Waals surface area contributed by atoms with Crippen LogP contribution in [0.4, 0.5) is 5.69 Å². The number of hydrogen-bond donors (Lipinski definition) is 1. The van der Waals surface area contributed by atoms with E-state index in [2.05, 4.69) is 5.32 Å². The molecular weight excluding hydrogens is 396 g/mol. The van der Waals surface area contributed by atoms with Crippen LogP contribution in [-0.4, -0.2) is 27.6 Å². The van der Waals surface area contributed by atoms with Crippen molar-refractivity contribution >= 4 is 63.2 Å². The molecule has 1 aromatic carbocycles.